The highest BCUT2D eigenvalue weighted by Gasteiger charge is 2.61. The average molecular weight is 397 g/mol. The maximum Gasteiger partial charge on any atom is 0.338 e. The van der Waals surface area contributed by atoms with E-state index in [1.165, 1.54) is 38.5 Å². The highest BCUT2D eigenvalue weighted by molar-refractivity contribution is 5.89. The highest BCUT2D eigenvalue weighted by Crippen LogP contribution is 2.66. The van der Waals surface area contributed by atoms with Gasteiger partial charge in [-0.25, -0.2) is 4.79 Å². The Morgan fingerprint density at radius 3 is 2.45 bits per heavy atom. The van der Waals surface area contributed by atoms with Crippen molar-refractivity contribution in [2.24, 2.45) is 34.5 Å². The van der Waals surface area contributed by atoms with E-state index in [2.05, 4.69) is 13.8 Å². The number of carbonyl (C=O) groups excluding carboxylic acids is 1. The van der Waals surface area contributed by atoms with Crippen LogP contribution in [0.3, 0.4) is 0 Å². The van der Waals surface area contributed by atoms with E-state index >= 15 is 0 Å². The summed E-state index contributed by atoms with van der Waals surface area (Å²) in [7, 11) is 0. The number of hydrogen-bond acceptors (Lipinski definition) is 3. The van der Waals surface area contributed by atoms with Crippen molar-refractivity contribution in [1.82, 2.24) is 0 Å². The van der Waals surface area contributed by atoms with Crippen LogP contribution in [0.5, 0.6) is 0 Å². The molecule has 5 unspecified atom stereocenters. The van der Waals surface area contributed by atoms with Gasteiger partial charge in [0.05, 0.1) is 11.7 Å². The Morgan fingerprint density at radius 2 is 1.66 bits per heavy atom. The Balaban J connectivity index is 1.34. The fourth-order valence-corrected chi connectivity index (χ4v) is 8.15. The molecule has 158 valence electrons. The minimum Gasteiger partial charge on any atom is -0.458 e. The first-order valence-electron chi connectivity index (χ1n) is 11.9. The van der Waals surface area contributed by atoms with E-state index < -0.39 is 0 Å². The van der Waals surface area contributed by atoms with E-state index in [0.717, 1.165) is 31.1 Å². The molecule has 0 aliphatic heterocycles. The molecule has 3 nitrogen and oxygen atoms in total. The molecule has 8 atom stereocenters. The zero-order chi connectivity index (χ0) is 20.2. The maximum atomic E-state index is 12.7. The molecule has 0 aromatic heterocycles. The third-order valence-electron chi connectivity index (χ3n) is 9.81. The number of hydrogen-bond donors (Lipinski definition) is 1. The lowest BCUT2D eigenvalue weighted by Gasteiger charge is -2.60. The summed E-state index contributed by atoms with van der Waals surface area (Å²) in [6, 6.07) is 9.45. The smallest absolute Gasteiger partial charge is 0.338 e. The SMILES string of the molecule is C[C@]12CCC3C(CC[C@@H]4CC(O)CC[C@]34C)C1CCC2OC(=O)c1ccccc1. The molecular weight excluding hydrogens is 360 g/mol. The molecule has 0 amide bonds. The van der Waals surface area contributed by atoms with Crippen LogP contribution in [0.4, 0.5) is 0 Å². The molecule has 0 bridgehead atoms. The van der Waals surface area contributed by atoms with Crippen molar-refractivity contribution in [3.05, 3.63) is 35.9 Å². The lowest BCUT2D eigenvalue weighted by atomic mass is 9.45. The number of aliphatic hydroxyl groups is 1. The van der Waals surface area contributed by atoms with Crippen LogP contribution in [-0.2, 0) is 4.74 Å². The Hall–Kier alpha value is -1.35. The van der Waals surface area contributed by atoms with E-state index in [0.29, 0.717) is 22.8 Å². The third kappa shape index (κ3) is 3.07. The van der Waals surface area contributed by atoms with Gasteiger partial charge in [0, 0.05) is 5.41 Å². The third-order valence-corrected chi connectivity index (χ3v) is 9.81. The molecule has 3 heteroatoms. The predicted molar refractivity (Wildman–Crippen MR) is 113 cm³/mol. The molecule has 1 aromatic carbocycles. The Bertz CT molecular complexity index is 760. The van der Waals surface area contributed by atoms with Gasteiger partial charge in [-0.2, -0.15) is 0 Å². The van der Waals surface area contributed by atoms with Crippen LogP contribution in [0.2, 0.25) is 0 Å². The molecule has 29 heavy (non-hydrogen) atoms. The first-order chi connectivity index (χ1) is 13.9. The second-order valence-corrected chi connectivity index (χ2v) is 11.0. The minimum absolute atomic E-state index is 0.0554. The lowest BCUT2D eigenvalue weighted by molar-refractivity contribution is -0.134. The van der Waals surface area contributed by atoms with E-state index in [9.17, 15) is 9.90 Å². The average Bonchev–Trinajstić information content (AvgIpc) is 3.05. The summed E-state index contributed by atoms with van der Waals surface area (Å²) < 4.78 is 6.12. The summed E-state index contributed by atoms with van der Waals surface area (Å²) >= 11 is 0. The van der Waals surface area contributed by atoms with Crippen LogP contribution in [0.15, 0.2) is 30.3 Å². The number of aliphatic hydroxyl groups excluding tert-OH is 1. The van der Waals surface area contributed by atoms with E-state index in [4.69, 9.17) is 4.74 Å². The standard InChI is InChI=1S/C26H36O3/c1-25-14-12-19(27)16-18(25)8-9-20-21-10-11-23(26(21,2)15-13-22(20)25)29-24(28)17-6-4-3-5-7-17/h3-7,18-23,27H,8-16H2,1-2H3/t18-,19?,20?,21?,22?,23?,25+,26+/m1/s1. The Kier molecular flexibility index (Phi) is 4.81. The number of carbonyl (C=O) groups is 1. The molecule has 0 radical (unpaired) electrons. The van der Waals surface area contributed by atoms with Gasteiger partial charge in [-0.05, 0) is 99.0 Å². The molecule has 1 N–H and O–H groups in total. The normalized spacial score (nSPS) is 46.3. The molecule has 4 saturated carbocycles. The first kappa shape index (κ1) is 19.6. The molecule has 4 aliphatic carbocycles. The summed E-state index contributed by atoms with van der Waals surface area (Å²) in [5, 5.41) is 10.2. The Morgan fingerprint density at radius 1 is 0.931 bits per heavy atom. The van der Waals surface area contributed by atoms with Gasteiger partial charge in [-0.1, -0.05) is 32.0 Å². The van der Waals surface area contributed by atoms with Crippen molar-refractivity contribution < 1.29 is 14.6 Å². The zero-order valence-corrected chi connectivity index (χ0v) is 18.0. The van der Waals surface area contributed by atoms with Crippen molar-refractivity contribution in [2.45, 2.75) is 83.8 Å². The molecule has 1 aromatic rings. The van der Waals surface area contributed by atoms with Crippen LogP contribution in [0.1, 0.15) is 82.0 Å². The maximum absolute atomic E-state index is 12.7. The largest absolute Gasteiger partial charge is 0.458 e. The quantitative estimate of drug-likeness (QED) is 0.660. The summed E-state index contributed by atoms with van der Waals surface area (Å²) in [5.74, 6) is 2.78. The summed E-state index contributed by atoms with van der Waals surface area (Å²) in [5.41, 5.74) is 1.20. The monoisotopic (exact) mass is 396 g/mol. The molecule has 0 spiro atoms. The zero-order valence-electron chi connectivity index (χ0n) is 18.0. The van der Waals surface area contributed by atoms with Gasteiger partial charge in [0.15, 0.2) is 0 Å². The number of esters is 1. The number of rotatable bonds is 2. The molecule has 0 heterocycles. The molecule has 4 fully saturated rings. The van der Waals surface area contributed by atoms with E-state index in [1.54, 1.807) is 0 Å². The van der Waals surface area contributed by atoms with Crippen LogP contribution in [0.25, 0.3) is 0 Å². The topological polar surface area (TPSA) is 46.5 Å². The van der Waals surface area contributed by atoms with Crippen LogP contribution >= 0.6 is 0 Å². The van der Waals surface area contributed by atoms with Gasteiger partial charge >= 0.3 is 5.97 Å². The summed E-state index contributed by atoms with van der Waals surface area (Å²) in [4.78, 5) is 12.7. The van der Waals surface area contributed by atoms with Gasteiger partial charge in [0.25, 0.3) is 0 Å². The van der Waals surface area contributed by atoms with Gasteiger partial charge in [-0.3, -0.25) is 0 Å². The predicted octanol–water partition coefficient (Wildman–Crippen LogP) is 5.62. The van der Waals surface area contributed by atoms with Gasteiger partial charge in [0.1, 0.15) is 6.10 Å². The van der Waals surface area contributed by atoms with Crippen molar-refractivity contribution in [1.29, 1.82) is 0 Å². The van der Waals surface area contributed by atoms with Crippen LogP contribution in [0, 0.1) is 34.5 Å². The number of fused-ring (bicyclic) bond motifs is 5. The van der Waals surface area contributed by atoms with E-state index in [-0.39, 0.29) is 23.6 Å². The second-order valence-electron chi connectivity index (χ2n) is 11.0. The van der Waals surface area contributed by atoms with Gasteiger partial charge < -0.3 is 9.84 Å². The fourth-order valence-electron chi connectivity index (χ4n) is 8.15. The highest BCUT2D eigenvalue weighted by atomic mass is 16.5. The molecule has 0 saturated heterocycles. The minimum atomic E-state index is -0.156. The van der Waals surface area contributed by atoms with E-state index in [1.807, 2.05) is 30.3 Å². The van der Waals surface area contributed by atoms with Crippen LogP contribution in [-0.4, -0.2) is 23.3 Å². The van der Waals surface area contributed by atoms with Gasteiger partial charge in [0.2, 0.25) is 0 Å². The fraction of sp³-hybridized carbons (Fsp3) is 0.731. The number of ether oxygens (including phenoxy) is 1. The second kappa shape index (κ2) is 7.11. The van der Waals surface area contributed by atoms with Crippen molar-refractivity contribution >= 4 is 5.97 Å². The lowest BCUT2D eigenvalue weighted by Crippen LogP contribution is -2.54. The van der Waals surface area contributed by atoms with Crippen molar-refractivity contribution in [3.8, 4) is 0 Å². The first-order valence-corrected chi connectivity index (χ1v) is 11.9. The molecular formula is C26H36O3. The summed E-state index contributed by atoms with van der Waals surface area (Å²) in [6.07, 6.45) is 10.4. The van der Waals surface area contributed by atoms with Gasteiger partial charge in [-0.15, -0.1) is 0 Å². The number of benzene rings is 1. The molecule has 4 aliphatic rings. The summed E-state index contributed by atoms with van der Waals surface area (Å²) in [6.45, 7) is 4.94. The van der Waals surface area contributed by atoms with Crippen molar-refractivity contribution in [3.63, 3.8) is 0 Å². The van der Waals surface area contributed by atoms with Crippen molar-refractivity contribution in [2.75, 3.05) is 0 Å². The molecule has 5 rings (SSSR count). The van der Waals surface area contributed by atoms with Crippen LogP contribution < -0.4 is 0 Å². The Labute approximate surface area is 175 Å².